The Morgan fingerprint density at radius 3 is 2.73 bits per heavy atom. The van der Waals surface area contributed by atoms with Crippen molar-refractivity contribution in [3.8, 4) is 0 Å². The Morgan fingerprint density at radius 2 is 2.00 bits per heavy atom. The second-order valence-corrected chi connectivity index (χ2v) is 10.4. The maximum absolute atomic E-state index is 5.12. The van der Waals surface area contributed by atoms with Gasteiger partial charge in [0.15, 0.2) is 0 Å². The van der Waals surface area contributed by atoms with Crippen LogP contribution in [0.2, 0.25) is 0 Å². The number of hydrogen-bond donors (Lipinski definition) is 0. The van der Waals surface area contributed by atoms with Gasteiger partial charge in [0.05, 0.1) is 0 Å². The Morgan fingerprint density at radius 1 is 1.17 bits per heavy atom. The number of pyridine rings is 1. The van der Waals surface area contributed by atoms with Crippen molar-refractivity contribution in [3.05, 3.63) is 72.9 Å². The molecule has 1 aliphatic rings. The second-order valence-electron chi connectivity index (χ2n) is 7.76. The fraction of sp³-hybridized carbons (Fsp3) is 0.304. The molecule has 7 heteroatoms. The van der Waals surface area contributed by atoms with Gasteiger partial charge in [-0.1, -0.05) is 0 Å². The molecule has 6 nitrogen and oxygen atoms in total. The van der Waals surface area contributed by atoms with E-state index in [1.807, 2.05) is 24.6 Å². The fourth-order valence-corrected chi connectivity index (χ4v) is 5.74. The summed E-state index contributed by atoms with van der Waals surface area (Å²) in [7, 11) is 0. The summed E-state index contributed by atoms with van der Waals surface area (Å²) in [4.78, 5) is 14.4. The average Bonchev–Trinajstić information content (AvgIpc) is 3.26. The number of nitrogens with zero attached hydrogens (tertiary/aromatic N) is 6. The molecule has 0 amide bonds. The normalized spacial score (nSPS) is 18.8. The van der Waals surface area contributed by atoms with Crippen LogP contribution in [0.15, 0.2) is 35.2 Å². The van der Waals surface area contributed by atoms with Gasteiger partial charge in [-0.05, 0) is 0 Å². The molecular weight excluding hydrogens is 487 g/mol. The van der Waals surface area contributed by atoms with Crippen LogP contribution in [-0.4, -0.2) is 29.0 Å². The molecule has 1 saturated carbocycles. The van der Waals surface area contributed by atoms with Crippen LogP contribution in [0.1, 0.15) is 59.3 Å². The number of rotatable bonds is 5. The first-order valence-electron chi connectivity index (χ1n) is 10.1. The van der Waals surface area contributed by atoms with Crippen molar-refractivity contribution in [1.29, 1.82) is 0 Å². The van der Waals surface area contributed by atoms with Gasteiger partial charge >= 0.3 is 186 Å². The molecule has 0 saturated heterocycles. The van der Waals surface area contributed by atoms with Crippen LogP contribution in [0.25, 0.3) is 17.4 Å². The minimum atomic E-state index is -0.214. The molecule has 1 fully saturated rings. The van der Waals surface area contributed by atoms with Crippen molar-refractivity contribution in [1.82, 2.24) is 29.0 Å². The van der Waals surface area contributed by atoms with Gasteiger partial charge in [-0.3, -0.25) is 0 Å². The van der Waals surface area contributed by atoms with E-state index >= 15 is 0 Å². The Bertz CT molecular complexity index is 1290. The molecule has 0 N–H and O–H groups in total. The Kier molecular flexibility index (Phi) is 4.72. The van der Waals surface area contributed by atoms with Crippen molar-refractivity contribution in [2.45, 2.75) is 46.0 Å². The van der Waals surface area contributed by atoms with Crippen LogP contribution >= 0.6 is 0 Å². The Balaban J connectivity index is 1.56. The number of imidazole rings is 1. The van der Waals surface area contributed by atoms with Gasteiger partial charge < -0.3 is 0 Å². The van der Waals surface area contributed by atoms with Crippen LogP contribution in [0, 0.1) is 24.3 Å². The van der Waals surface area contributed by atoms with Crippen LogP contribution < -0.4 is 21.2 Å². The SMILES string of the molecule is C=C[I-]c1ccn2c(C)c(C3CC3c3nc4c(C)ncc(C)n4n3)nc2c1/C=C\C. The molecular formula is C23H24IN6-. The number of hydrogen-bond acceptors (Lipinski definition) is 4. The number of aromatic nitrogens is 6. The summed E-state index contributed by atoms with van der Waals surface area (Å²) >= 11 is -0.214. The fourth-order valence-electron chi connectivity index (χ4n) is 4.14. The molecule has 4 aromatic heterocycles. The van der Waals surface area contributed by atoms with E-state index in [4.69, 9.17) is 15.1 Å². The van der Waals surface area contributed by atoms with Gasteiger partial charge in [0.25, 0.3) is 0 Å². The topological polar surface area (TPSA) is 60.4 Å². The van der Waals surface area contributed by atoms with Crippen molar-refractivity contribution < 1.29 is 21.2 Å². The molecule has 0 spiro atoms. The molecule has 154 valence electrons. The van der Waals surface area contributed by atoms with Crippen LogP contribution in [0.3, 0.4) is 0 Å². The Labute approximate surface area is 186 Å². The first kappa shape index (κ1) is 19.4. The third kappa shape index (κ3) is 2.98. The number of halogens is 1. The first-order chi connectivity index (χ1) is 14.5. The zero-order valence-corrected chi connectivity index (χ0v) is 19.8. The summed E-state index contributed by atoms with van der Waals surface area (Å²) in [5.74, 6) is 1.59. The summed E-state index contributed by atoms with van der Waals surface area (Å²) in [5, 5.41) is 4.79. The van der Waals surface area contributed by atoms with Gasteiger partial charge in [-0.2, -0.15) is 0 Å². The van der Waals surface area contributed by atoms with Gasteiger partial charge in [-0.25, -0.2) is 0 Å². The summed E-state index contributed by atoms with van der Waals surface area (Å²) in [5.41, 5.74) is 7.43. The summed E-state index contributed by atoms with van der Waals surface area (Å²) in [6, 6.07) is 2.22. The number of aryl methyl sites for hydroxylation is 3. The zero-order valence-electron chi connectivity index (χ0n) is 17.6. The zero-order chi connectivity index (χ0) is 21.0. The van der Waals surface area contributed by atoms with Crippen LogP contribution in [0.4, 0.5) is 0 Å². The molecule has 1 aliphatic carbocycles. The quantitative estimate of drug-likeness (QED) is 0.381. The molecule has 2 unspecified atom stereocenters. The molecule has 0 aliphatic heterocycles. The van der Waals surface area contributed by atoms with E-state index in [-0.39, 0.29) is 21.2 Å². The third-order valence-corrected chi connectivity index (χ3v) is 7.83. The first-order valence-corrected chi connectivity index (χ1v) is 12.4. The van der Waals surface area contributed by atoms with E-state index in [0.717, 1.165) is 34.9 Å². The van der Waals surface area contributed by atoms with Gasteiger partial charge in [0, 0.05) is 0 Å². The maximum atomic E-state index is 5.12. The van der Waals surface area contributed by atoms with Crippen molar-refractivity contribution in [3.63, 3.8) is 0 Å². The van der Waals surface area contributed by atoms with E-state index in [1.165, 1.54) is 20.5 Å². The van der Waals surface area contributed by atoms with Crippen LogP contribution in [-0.2, 0) is 0 Å². The molecule has 0 aromatic carbocycles. The van der Waals surface area contributed by atoms with Crippen molar-refractivity contribution >= 4 is 17.4 Å². The van der Waals surface area contributed by atoms with Crippen molar-refractivity contribution in [2.24, 2.45) is 0 Å². The molecule has 2 atom stereocenters. The molecule has 0 radical (unpaired) electrons. The monoisotopic (exact) mass is 511 g/mol. The average molecular weight is 511 g/mol. The molecule has 5 rings (SSSR count). The van der Waals surface area contributed by atoms with E-state index in [0.29, 0.717) is 11.8 Å². The van der Waals surface area contributed by atoms with E-state index < -0.39 is 0 Å². The van der Waals surface area contributed by atoms with E-state index in [1.54, 1.807) is 0 Å². The summed E-state index contributed by atoms with van der Waals surface area (Å²) < 4.78 is 7.56. The van der Waals surface area contributed by atoms with Gasteiger partial charge in [-0.15, -0.1) is 0 Å². The molecule has 30 heavy (non-hydrogen) atoms. The second kappa shape index (κ2) is 7.30. The number of fused-ring (bicyclic) bond motifs is 2. The molecule has 4 aromatic rings. The van der Waals surface area contributed by atoms with Gasteiger partial charge in [0.2, 0.25) is 0 Å². The number of allylic oxidation sites excluding steroid dienone is 1. The summed E-state index contributed by atoms with van der Waals surface area (Å²) in [6.45, 7) is 12.2. The van der Waals surface area contributed by atoms with E-state index in [2.05, 4.69) is 58.3 Å². The van der Waals surface area contributed by atoms with Gasteiger partial charge in [0.1, 0.15) is 0 Å². The van der Waals surface area contributed by atoms with Crippen molar-refractivity contribution in [2.75, 3.05) is 0 Å². The Hall–Kier alpha value is -2.55. The predicted molar refractivity (Wildman–Crippen MR) is 114 cm³/mol. The molecule has 0 bridgehead atoms. The third-order valence-electron chi connectivity index (χ3n) is 5.78. The predicted octanol–water partition coefficient (Wildman–Crippen LogP) is 1.40. The van der Waals surface area contributed by atoms with E-state index in [9.17, 15) is 0 Å². The standard InChI is InChI=1S/C23H24IN6/c1-6-8-16-19(24-7-2)9-10-29-15(5)20(26-23(16)29)17-11-18(17)21-27-22-14(4)25-12-13(3)30(22)28-21/h6-10,12,17-18H,2,11H2,1,3-5H3/q-1/b8-6-. The van der Waals surface area contributed by atoms with Crippen LogP contribution in [0.5, 0.6) is 0 Å². The summed E-state index contributed by atoms with van der Waals surface area (Å²) in [6.07, 6.45) is 9.32. The minimum absolute atomic E-state index is 0.214. The molecule has 4 heterocycles.